The van der Waals surface area contributed by atoms with E-state index in [-0.39, 0.29) is 25.4 Å². The fourth-order valence-corrected chi connectivity index (χ4v) is 1.81. The Morgan fingerprint density at radius 1 is 1.35 bits per heavy atom. The zero-order valence-electron chi connectivity index (χ0n) is 12.3. The normalized spacial score (nSPS) is 21.5. The second kappa shape index (κ2) is 5.63. The molecule has 7 heteroatoms. The first-order valence-corrected chi connectivity index (χ1v) is 6.53. The van der Waals surface area contributed by atoms with Gasteiger partial charge in [0.25, 0.3) is 5.92 Å². The summed E-state index contributed by atoms with van der Waals surface area (Å²) < 4.78 is 30.4. The van der Waals surface area contributed by atoms with E-state index >= 15 is 0 Å². The Labute approximate surface area is 117 Å². The van der Waals surface area contributed by atoms with Gasteiger partial charge in [-0.2, -0.15) is 0 Å². The number of nitrogens with one attached hydrogen (secondary N) is 2. The first-order chi connectivity index (χ1) is 8.95. The van der Waals surface area contributed by atoms with Crippen molar-refractivity contribution in [3.63, 3.8) is 0 Å². The first-order valence-electron chi connectivity index (χ1n) is 6.53. The van der Waals surface area contributed by atoms with Crippen molar-refractivity contribution in [2.24, 2.45) is 0 Å². The monoisotopic (exact) mass is 292 g/mol. The highest BCUT2D eigenvalue weighted by Gasteiger charge is 2.45. The van der Waals surface area contributed by atoms with Crippen LogP contribution in [0, 0.1) is 0 Å². The van der Waals surface area contributed by atoms with Gasteiger partial charge in [0.1, 0.15) is 17.4 Å². The standard InChI is InChI=1S/C13H22F2N2O3/c1-11(2,3)20-10(19)17-12(4,8-18)7-16-9-5-13(14,15)6-9/h8-9,16H,5-7H2,1-4H3,(H,17,19)/t12-/m0/s1. The molecule has 0 aromatic carbocycles. The molecule has 0 spiro atoms. The van der Waals surface area contributed by atoms with Crippen LogP contribution in [0.5, 0.6) is 0 Å². The van der Waals surface area contributed by atoms with Crippen molar-refractivity contribution in [3.8, 4) is 0 Å². The average molecular weight is 292 g/mol. The summed E-state index contributed by atoms with van der Waals surface area (Å²) in [7, 11) is 0. The van der Waals surface area contributed by atoms with E-state index in [0.29, 0.717) is 6.29 Å². The predicted octanol–water partition coefficient (Wildman–Crippen LogP) is 1.86. The van der Waals surface area contributed by atoms with Crippen molar-refractivity contribution in [1.29, 1.82) is 0 Å². The molecule has 2 N–H and O–H groups in total. The number of halogens is 2. The van der Waals surface area contributed by atoms with Crippen molar-refractivity contribution < 1.29 is 23.1 Å². The maximum Gasteiger partial charge on any atom is 0.408 e. The number of alkyl carbamates (subject to hydrolysis) is 1. The van der Waals surface area contributed by atoms with E-state index in [1.165, 1.54) is 6.92 Å². The molecule has 5 nitrogen and oxygen atoms in total. The van der Waals surface area contributed by atoms with E-state index in [9.17, 15) is 18.4 Å². The Kier molecular flexibility index (Phi) is 4.74. The maximum atomic E-state index is 12.7. The lowest BCUT2D eigenvalue weighted by atomic mass is 9.87. The van der Waals surface area contributed by atoms with Gasteiger partial charge in [0, 0.05) is 25.4 Å². The van der Waals surface area contributed by atoms with Crippen molar-refractivity contribution in [2.75, 3.05) is 6.54 Å². The summed E-state index contributed by atoms with van der Waals surface area (Å²) in [5.41, 5.74) is -1.86. The van der Waals surface area contributed by atoms with E-state index < -0.39 is 23.2 Å². The molecule has 1 aliphatic rings. The maximum absolute atomic E-state index is 12.7. The molecule has 20 heavy (non-hydrogen) atoms. The van der Waals surface area contributed by atoms with Gasteiger partial charge in [-0.15, -0.1) is 0 Å². The summed E-state index contributed by atoms with van der Waals surface area (Å²) in [4.78, 5) is 22.7. The minimum absolute atomic E-state index is 0.0799. The number of hydrogen-bond acceptors (Lipinski definition) is 4. The Morgan fingerprint density at radius 3 is 2.30 bits per heavy atom. The van der Waals surface area contributed by atoms with Crippen molar-refractivity contribution in [3.05, 3.63) is 0 Å². The molecular formula is C13H22F2N2O3. The third-order valence-corrected chi connectivity index (χ3v) is 2.89. The summed E-state index contributed by atoms with van der Waals surface area (Å²) in [6.07, 6.45) is -0.628. The second-order valence-electron chi connectivity index (χ2n) is 6.50. The smallest absolute Gasteiger partial charge is 0.408 e. The van der Waals surface area contributed by atoms with Crippen molar-refractivity contribution in [1.82, 2.24) is 10.6 Å². The van der Waals surface area contributed by atoms with Crippen LogP contribution in [-0.4, -0.2) is 42.0 Å². The number of ether oxygens (including phenoxy) is 1. The summed E-state index contributed by atoms with van der Waals surface area (Å²) in [5.74, 6) is -2.62. The molecule has 0 aromatic heterocycles. The number of carbonyl (C=O) groups excluding carboxylic acids is 2. The number of rotatable bonds is 5. The van der Waals surface area contributed by atoms with Gasteiger partial charge in [0.2, 0.25) is 0 Å². The lowest BCUT2D eigenvalue weighted by molar-refractivity contribution is -0.113. The van der Waals surface area contributed by atoms with E-state index in [2.05, 4.69) is 10.6 Å². The minimum Gasteiger partial charge on any atom is -0.444 e. The molecule has 0 heterocycles. The van der Waals surface area contributed by atoms with Crippen LogP contribution in [0.25, 0.3) is 0 Å². The Hall–Kier alpha value is -1.24. The molecule has 1 aliphatic carbocycles. The van der Waals surface area contributed by atoms with Crippen LogP contribution in [-0.2, 0) is 9.53 Å². The van der Waals surface area contributed by atoms with E-state index in [1.54, 1.807) is 20.8 Å². The third kappa shape index (κ3) is 5.40. The average Bonchev–Trinajstić information content (AvgIpc) is 2.20. The van der Waals surface area contributed by atoms with E-state index in [1.807, 2.05) is 0 Å². The SMILES string of the molecule is CC(C)(C)OC(=O)N[C@](C)(C=O)CNC1CC(F)(F)C1. The Balaban J connectivity index is 2.42. The zero-order chi connectivity index (χ0) is 15.6. The minimum atomic E-state index is -2.62. The van der Waals surface area contributed by atoms with Gasteiger partial charge in [0.15, 0.2) is 0 Å². The van der Waals surface area contributed by atoms with Crippen LogP contribution < -0.4 is 10.6 Å². The van der Waals surface area contributed by atoms with Crippen LogP contribution in [0.2, 0.25) is 0 Å². The highest BCUT2D eigenvalue weighted by Crippen LogP contribution is 2.37. The van der Waals surface area contributed by atoms with Gasteiger partial charge >= 0.3 is 6.09 Å². The molecule has 1 fully saturated rings. The molecule has 0 aliphatic heterocycles. The molecule has 0 aromatic rings. The number of alkyl halides is 2. The van der Waals surface area contributed by atoms with Gasteiger partial charge in [-0.05, 0) is 27.7 Å². The van der Waals surface area contributed by atoms with Crippen LogP contribution in [0.1, 0.15) is 40.5 Å². The summed E-state index contributed by atoms with van der Waals surface area (Å²) in [6, 6.07) is -0.329. The molecule has 1 rings (SSSR count). The fraction of sp³-hybridized carbons (Fsp3) is 0.846. The highest BCUT2D eigenvalue weighted by atomic mass is 19.3. The van der Waals surface area contributed by atoms with Gasteiger partial charge in [-0.25, -0.2) is 13.6 Å². The van der Waals surface area contributed by atoms with Crippen molar-refractivity contribution in [2.45, 2.75) is 63.6 Å². The van der Waals surface area contributed by atoms with Crippen LogP contribution in [0.4, 0.5) is 13.6 Å². The van der Waals surface area contributed by atoms with Crippen LogP contribution in [0.15, 0.2) is 0 Å². The molecular weight excluding hydrogens is 270 g/mol. The molecule has 0 saturated heterocycles. The fourth-order valence-electron chi connectivity index (χ4n) is 1.81. The van der Waals surface area contributed by atoms with Crippen LogP contribution in [0.3, 0.4) is 0 Å². The largest absolute Gasteiger partial charge is 0.444 e. The third-order valence-electron chi connectivity index (χ3n) is 2.89. The molecule has 0 radical (unpaired) electrons. The molecule has 1 amide bonds. The number of aldehydes is 1. The number of amides is 1. The molecule has 116 valence electrons. The van der Waals surface area contributed by atoms with Gasteiger partial charge in [0.05, 0.1) is 0 Å². The Morgan fingerprint density at radius 2 is 1.90 bits per heavy atom. The quantitative estimate of drug-likeness (QED) is 0.759. The lowest BCUT2D eigenvalue weighted by Crippen LogP contribution is -2.59. The van der Waals surface area contributed by atoms with Gasteiger partial charge in [-0.3, -0.25) is 0 Å². The van der Waals surface area contributed by atoms with E-state index in [4.69, 9.17) is 4.74 Å². The predicted molar refractivity (Wildman–Crippen MR) is 69.8 cm³/mol. The molecule has 0 unspecified atom stereocenters. The molecule has 1 saturated carbocycles. The lowest BCUT2D eigenvalue weighted by Gasteiger charge is -2.37. The Bertz CT molecular complexity index is 374. The number of hydrogen-bond donors (Lipinski definition) is 2. The topological polar surface area (TPSA) is 67.4 Å². The van der Waals surface area contributed by atoms with Crippen LogP contribution >= 0.6 is 0 Å². The van der Waals surface area contributed by atoms with Gasteiger partial charge in [-0.1, -0.05) is 0 Å². The highest BCUT2D eigenvalue weighted by molar-refractivity contribution is 5.76. The summed E-state index contributed by atoms with van der Waals surface area (Å²) >= 11 is 0. The van der Waals surface area contributed by atoms with E-state index in [0.717, 1.165) is 0 Å². The van der Waals surface area contributed by atoms with Gasteiger partial charge < -0.3 is 20.2 Å². The number of carbonyl (C=O) groups is 2. The zero-order valence-corrected chi connectivity index (χ0v) is 12.3. The summed E-state index contributed by atoms with van der Waals surface area (Å²) in [5, 5.41) is 5.30. The second-order valence-corrected chi connectivity index (χ2v) is 6.50. The first kappa shape index (κ1) is 16.8. The molecule has 1 atom stereocenters. The molecule has 0 bridgehead atoms. The van der Waals surface area contributed by atoms with Crippen molar-refractivity contribution >= 4 is 12.4 Å². The summed E-state index contributed by atoms with van der Waals surface area (Å²) in [6.45, 7) is 6.71.